The van der Waals surface area contributed by atoms with E-state index in [1.165, 1.54) is 0 Å². The molecule has 0 aliphatic rings. The normalized spacial score (nSPS) is 16.2. The van der Waals surface area contributed by atoms with E-state index in [2.05, 4.69) is 0 Å². The standard InChI is InChI=1S/C9H21O3PS/c1-8(2)11-6-5-7-12-13(10,14)9(3)4/h8-9H,5-7H2,1-4H3,(H,10,14). The van der Waals surface area contributed by atoms with E-state index >= 15 is 0 Å². The van der Waals surface area contributed by atoms with Crippen LogP contribution in [0.1, 0.15) is 34.1 Å². The van der Waals surface area contributed by atoms with Crippen molar-refractivity contribution in [2.45, 2.75) is 45.9 Å². The van der Waals surface area contributed by atoms with E-state index in [4.69, 9.17) is 21.1 Å². The molecule has 0 fully saturated rings. The van der Waals surface area contributed by atoms with Crippen LogP contribution >= 0.6 is 6.49 Å². The highest BCUT2D eigenvalue weighted by Crippen LogP contribution is 2.47. The number of hydrogen-bond donors (Lipinski definition) is 1. The molecule has 0 aromatic heterocycles. The molecule has 0 saturated heterocycles. The van der Waals surface area contributed by atoms with Gasteiger partial charge in [0.25, 0.3) is 0 Å². The Morgan fingerprint density at radius 3 is 2.21 bits per heavy atom. The third-order valence-corrected chi connectivity index (χ3v) is 5.11. The molecule has 86 valence electrons. The van der Waals surface area contributed by atoms with Gasteiger partial charge in [-0.25, -0.2) is 0 Å². The summed E-state index contributed by atoms with van der Waals surface area (Å²) in [7, 11) is 0. The van der Waals surface area contributed by atoms with E-state index in [0.29, 0.717) is 13.2 Å². The fourth-order valence-electron chi connectivity index (χ4n) is 0.722. The summed E-state index contributed by atoms with van der Waals surface area (Å²) in [5, 5.41) is 0. The van der Waals surface area contributed by atoms with Crippen molar-refractivity contribution < 1.29 is 14.2 Å². The highest BCUT2D eigenvalue weighted by Gasteiger charge is 2.18. The van der Waals surface area contributed by atoms with Crippen LogP contribution in [0.25, 0.3) is 0 Å². The molecular weight excluding hydrogens is 219 g/mol. The number of hydrogen-bond acceptors (Lipinski definition) is 3. The lowest BCUT2D eigenvalue weighted by atomic mass is 10.4. The molecule has 0 saturated carbocycles. The van der Waals surface area contributed by atoms with Crippen molar-refractivity contribution in [1.82, 2.24) is 0 Å². The molecule has 0 aromatic rings. The first-order chi connectivity index (χ1) is 6.36. The lowest BCUT2D eigenvalue weighted by molar-refractivity contribution is 0.0694. The van der Waals surface area contributed by atoms with Gasteiger partial charge >= 0.3 is 0 Å². The second-order valence-electron chi connectivity index (χ2n) is 3.76. The predicted molar refractivity (Wildman–Crippen MR) is 63.3 cm³/mol. The van der Waals surface area contributed by atoms with Crippen molar-refractivity contribution in [3.8, 4) is 0 Å². The zero-order valence-corrected chi connectivity index (χ0v) is 11.1. The molecule has 3 nitrogen and oxygen atoms in total. The molecule has 1 unspecified atom stereocenters. The Hall–Kier alpha value is 0.530. The van der Waals surface area contributed by atoms with Crippen molar-refractivity contribution >= 4 is 18.3 Å². The molecule has 0 amide bonds. The van der Waals surface area contributed by atoms with E-state index < -0.39 is 6.49 Å². The third-order valence-electron chi connectivity index (χ3n) is 1.67. The van der Waals surface area contributed by atoms with Crippen LogP contribution in [0.15, 0.2) is 0 Å². The average molecular weight is 240 g/mol. The Balaban J connectivity index is 3.50. The van der Waals surface area contributed by atoms with Crippen molar-refractivity contribution in [3.05, 3.63) is 0 Å². The smallest absolute Gasteiger partial charge is 0.188 e. The molecule has 0 rings (SSSR count). The minimum Gasteiger partial charge on any atom is -0.379 e. The Bertz CT molecular complexity index is 194. The molecular formula is C9H21O3PS. The number of ether oxygens (including phenoxy) is 1. The maximum Gasteiger partial charge on any atom is 0.188 e. The van der Waals surface area contributed by atoms with Crippen molar-refractivity contribution in [2.75, 3.05) is 13.2 Å². The van der Waals surface area contributed by atoms with Crippen LogP contribution in [0.4, 0.5) is 0 Å². The van der Waals surface area contributed by atoms with Crippen molar-refractivity contribution in [3.63, 3.8) is 0 Å². The van der Waals surface area contributed by atoms with Gasteiger partial charge in [0.05, 0.1) is 12.7 Å². The van der Waals surface area contributed by atoms with Gasteiger partial charge in [-0.05, 0) is 32.1 Å². The molecule has 0 aliphatic carbocycles. The van der Waals surface area contributed by atoms with Crippen LogP contribution in [0.5, 0.6) is 0 Å². The lowest BCUT2D eigenvalue weighted by Gasteiger charge is -2.19. The van der Waals surface area contributed by atoms with Gasteiger partial charge in [-0.3, -0.25) is 0 Å². The van der Waals surface area contributed by atoms with E-state index in [-0.39, 0.29) is 11.8 Å². The molecule has 0 spiro atoms. The maximum absolute atomic E-state index is 9.66. The topological polar surface area (TPSA) is 38.7 Å². The van der Waals surface area contributed by atoms with Gasteiger partial charge in [-0.15, -0.1) is 0 Å². The first kappa shape index (κ1) is 14.5. The predicted octanol–water partition coefficient (Wildman–Crippen LogP) is 2.53. The SMILES string of the molecule is CC(C)OCCCOP(O)(=S)C(C)C. The summed E-state index contributed by atoms with van der Waals surface area (Å²) in [5.41, 5.74) is 0.0310. The second kappa shape index (κ2) is 6.91. The molecule has 0 aromatic carbocycles. The third kappa shape index (κ3) is 6.91. The monoisotopic (exact) mass is 240 g/mol. The summed E-state index contributed by atoms with van der Waals surface area (Å²) in [6.45, 7) is 6.34. The fourth-order valence-corrected chi connectivity index (χ4v) is 1.63. The van der Waals surface area contributed by atoms with Gasteiger partial charge in [-0.2, -0.15) is 0 Å². The average Bonchev–Trinajstić information content (AvgIpc) is 2.02. The van der Waals surface area contributed by atoms with Gasteiger partial charge in [0.15, 0.2) is 6.49 Å². The highest BCUT2D eigenvalue weighted by atomic mass is 32.5. The van der Waals surface area contributed by atoms with Crippen LogP contribution in [0, 0.1) is 0 Å². The van der Waals surface area contributed by atoms with Gasteiger partial charge in [0.2, 0.25) is 0 Å². The highest BCUT2D eigenvalue weighted by molar-refractivity contribution is 8.09. The molecule has 14 heavy (non-hydrogen) atoms. The van der Waals surface area contributed by atoms with E-state index in [0.717, 1.165) is 6.42 Å². The fraction of sp³-hybridized carbons (Fsp3) is 1.00. The number of rotatable bonds is 7. The second-order valence-corrected chi connectivity index (χ2v) is 7.75. The van der Waals surface area contributed by atoms with Crippen molar-refractivity contribution in [2.24, 2.45) is 0 Å². The Kier molecular flexibility index (Phi) is 7.17. The molecule has 0 radical (unpaired) electrons. The molecule has 0 aliphatic heterocycles. The molecule has 1 atom stereocenters. The summed E-state index contributed by atoms with van der Waals surface area (Å²) in [6, 6.07) is 0. The summed E-state index contributed by atoms with van der Waals surface area (Å²) < 4.78 is 10.6. The summed E-state index contributed by atoms with van der Waals surface area (Å²) in [4.78, 5) is 9.66. The van der Waals surface area contributed by atoms with Gasteiger partial charge < -0.3 is 14.2 Å². The Labute approximate surface area is 92.0 Å². The molecule has 5 heteroatoms. The van der Waals surface area contributed by atoms with Gasteiger partial charge in [-0.1, -0.05) is 13.8 Å². The van der Waals surface area contributed by atoms with E-state index in [1.807, 2.05) is 27.7 Å². The lowest BCUT2D eigenvalue weighted by Crippen LogP contribution is -2.07. The minimum absolute atomic E-state index is 0.0310. The zero-order chi connectivity index (χ0) is 11.2. The Morgan fingerprint density at radius 1 is 1.21 bits per heavy atom. The summed E-state index contributed by atoms with van der Waals surface area (Å²) in [5.74, 6) is 0. The van der Waals surface area contributed by atoms with Gasteiger partial charge in [0.1, 0.15) is 0 Å². The van der Waals surface area contributed by atoms with Crippen LogP contribution in [-0.4, -0.2) is 29.9 Å². The van der Waals surface area contributed by atoms with Gasteiger partial charge in [0, 0.05) is 12.3 Å². The van der Waals surface area contributed by atoms with Crippen LogP contribution in [-0.2, 0) is 21.1 Å². The largest absolute Gasteiger partial charge is 0.379 e. The Morgan fingerprint density at radius 2 is 1.79 bits per heavy atom. The molecule has 1 N–H and O–H groups in total. The zero-order valence-electron chi connectivity index (χ0n) is 9.40. The summed E-state index contributed by atoms with van der Waals surface area (Å²) in [6.07, 6.45) is 1.03. The van der Waals surface area contributed by atoms with E-state index in [9.17, 15) is 4.89 Å². The van der Waals surface area contributed by atoms with E-state index in [1.54, 1.807) is 0 Å². The van der Waals surface area contributed by atoms with Crippen LogP contribution < -0.4 is 0 Å². The molecule has 0 heterocycles. The van der Waals surface area contributed by atoms with Crippen LogP contribution in [0.3, 0.4) is 0 Å². The quantitative estimate of drug-likeness (QED) is 0.548. The molecule has 0 bridgehead atoms. The maximum atomic E-state index is 9.66. The van der Waals surface area contributed by atoms with Crippen LogP contribution in [0.2, 0.25) is 0 Å². The minimum atomic E-state index is -2.55. The first-order valence-electron chi connectivity index (χ1n) is 4.95. The first-order valence-corrected chi connectivity index (χ1v) is 7.69. The van der Waals surface area contributed by atoms with Crippen molar-refractivity contribution in [1.29, 1.82) is 0 Å². The summed E-state index contributed by atoms with van der Waals surface area (Å²) >= 11 is 4.97.